The van der Waals surface area contributed by atoms with Crippen LogP contribution in [0.25, 0.3) is 0 Å². The van der Waals surface area contributed by atoms with Gasteiger partial charge in [-0.3, -0.25) is 19.2 Å². The molecular formula is C33H45FN6O4S. The Kier molecular flexibility index (Phi) is 10.5. The minimum Gasteiger partial charge on any atom is -0.356 e. The molecule has 2 saturated heterocycles. The number of aryl methyl sites for hydroxylation is 1. The summed E-state index contributed by atoms with van der Waals surface area (Å²) in [7, 11) is 0. The average Bonchev–Trinajstić information content (AvgIpc) is 3.37. The first kappa shape index (κ1) is 33.0. The lowest BCUT2D eigenvalue weighted by Crippen LogP contribution is -2.58. The van der Waals surface area contributed by atoms with E-state index >= 15 is 0 Å². The maximum Gasteiger partial charge on any atom is 0.253 e. The molecule has 1 aromatic carbocycles. The van der Waals surface area contributed by atoms with Gasteiger partial charge in [-0.1, -0.05) is 13.8 Å². The number of benzene rings is 1. The monoisotopic (exact) mass is 640 g/mol. The summed E-state index contributed by atoms with van der Waals surface area (Å²) < 4.78 is 13.4. The highest BCUT2D eigenvalue weighted by molar-refractivity contribution is 7.11. The molecule has 2 fully saturated rings. The van der Waals surface area contributed by atoms with Crippen molar-refractivity contribution < 1.29 is 23.6 Å². The van der Waals surface area contributed by atoms with Crippen molar-refractivity contribution in [3.05, 3.63) is 51.2 Å². The molecule has 2 aromatic rings. The third-order valence-electron chi connectivity index (χ3n) is 9.22. The van der Waals surface area contributed by atoms with Crippen LogP contribution in [0.4, 0.5) is 4.39 Å². The molecule has 10 nitrogen and oxygen atoms in total. The Labute approximate surface area is 268 Å². The van der Waals surface area contributed by atoms with Crippen molar-refractivity contribution >= 4 is 35.0 Å². The second-order valence-electron chi connectivity index (χ2n) is 13.0. The largest absolute Gasteiger partial charge is 0.356 e. The minimum absolute atomic E-state index is 0.0844. The lowest BCUT2D eigenvalue weighted by molar-refractivity contribution is -0.135. The molecule has 244 valence electrons. The zero-order valence-corrected chi connectivity index (χ0v) is 27.3. The molecule has 1 aromatic heterocycles. The van der Waals surface area contributed by atoms with Gasteiger partial charge in [0, 0.05) is 61.5 Å². The Balaban J connectivity index is 1.34. The molecule has 0 aliphatic carbocycles. The van der Waals surface area contributed by atoms with Crippen LogP contribution in [0.5, 0.6) is 0 Å². The highest BCUT2D eigenvalue weighted by Gasteiger charge is 2.40. The van der Waals surface area contributed by atoms with Gasteiger partial charge in [0.15, 0.2) is 0 Å². The van der Waals surface area contributed by atoms with E-state index < -0.39 is 11.4 Å². The molecule has 4 bridgehead atoms. The Morgan fingerprint density at radius 1 is 1.04 bits per heavy atom. The van der Waals surface area contributed by atoms with E-state index in [-0.39, 0.29) is 54.5 Å². The first-order chi connectivity index (χ1) is 21.5. The molecule has 0 radical (unpaired) electrons. The molecular weight excluding hydrogens is 595 g/mol. The summed E-state index contributed by atoms with van der Waals surface area (Å²) in [5.41, 5.74) is 0.326. The van der Waals surface area contributed by atoms with E-state index in [2.05, 4.69) is 16.0 Å². The number of amides is 4. The Hall–Kier alpha value is -3.38. The molecule has 3 N–H and O–H groups in total. The average molecular weight is 641 g/mol. The van der Waals surface area contributed by atoms with Gasteiger partial charge in [0.1, 0.15) is 5.82 Å². The van der Waals surface area contributed by atoms with Gasteiger partial charge >= 0.3 is 0 Å². The van der Waals surface area contributed by atoms with E-state index in [9.17, 15) is 23.6 Å². The fourth-order valence-corrected chi connectivity index (χ4v) is 7.80. The van der Waals surface area contributed by atoms with E-state index in [1.54, 1.807) is 16.2 Å². The van der Waals surface area contributed by atoms with Gasteiger partial charge in [0.25, 0.3) is 5.91 Å². The van der Waals surface area contributed by atoms with Gasteiger partial charge in [-0.25, -0.2) is 9.37 Å². The molecule has 4 aliphatic heterocycles. The highest BCUT2D eigenvalue weighted by atomic mass is 32.1. The topological polar surface area (TPSA) is 124 Å². The number of carbonyl (C=O) groups excluding carboxylic acids is 4. The number of piperidine rings is 2. The van der Waals surface area contributed by atoms with Gasteiger partial charge in [-0.15, -0.1) is 11.3 Å². The number of rotatable bonds is 3. The van der Waals surface area contributed by atoms with Gasteiger partial charge in [-0.2, -0.15) is 0 Å². The van der Waals surface area contributed by atoms with Crippen LogP contribution < -0.4 is 16.0 Å². The number of likely N-dealkylation sites (tertiary alicyclic amines) is 1. The predicted octanol–water partition coefficient (Wildman–Crippen LogP) is 3.30. The summed E-state index contributed by atoms with van der Waals surface area (Å²) in [6.07, 6.45) is 3.94. The van der Waals surface area contributed by atoms with Crippen molar-refractivity contribution in [2.75, 3.05) is 32.7 Å². The summed E-state index contributed by atoms with van der Waals surface area (Å²) in [5.74, 6) is -0.617. The zero-order chi connectivity index (χ0) is 32.1. The standard InChI is InChI=1S/C33H45FN6O4S/c1-21(2)36-26-5-4-14-35-29(42)20-33(12-17-40(18-13-33)31(43)24-6-8-25(34)9-7-24)38-28(41)19-27-22(3)45-30(37-27)23-10-15-39(16-11-23)32(26)44/h6-9,21,23,26,36H,4-5,10-20H2,1-3H3,(H,35,42)(H,38,41)/t26-/m0/s1. The van der Waals surface area contributed by atoms with Crippen LogP contribution in [0.1, 0.15) is 90.6 Å². The van der Waals surface area contributed by atoms with E-state index in [1.807, 2.05) is 25.7 Å². The Morgan fingerprint density at radius 3 is 2.40 bits per heavy atom. The van der Waals surface area contributed by atoms with Crippen LogP contribution in [-0.2, 0) is 20.8 Å². The van der Waals surface area contributed by atoms with Crippen molar-refractivity contribution in [1.29, 1.82) is 0 Å². The number of aromatic nitrogens is 1. The Bertz CT molecular complexity index is 1380. The van der Waals surface area contributed by atoms with Crippen LogP contribution in [0, 0.1) is 12.7 Å². The van der Waals surface area contributed by atoms with E-state index in [0.717, 1.165) is 28.4 Å². The molecule has 12 heteroatoms. The van der Waals surface area contributed by atoms with Crippen molar-refractivity contribution in [1.82, 2.24) is 30.7 Å². The third-order valence-corrected chi connectivity index (χ3v) is 10.4. The zero-order valence-electron chi connectivity index (χ0n) is 26.5. The molecule has 0 unspecified atom stereocenters. The van der Waals surface area contributed by atoms with Crippen molar-refractivity contribution in [2.45, 2.75) is 95.7 Å². The quantitative estimate of drug-likeness (QED) is 0.473. The normalized spacial score (nSPS) is 22.2. The van der Waals surface area contributed by atoms with Gasteiger partial charge < -0.3 is 25.8 Å². The van der Waals surface area contributed by atoms with Crippen LogP contribution in [0.2, 0.25) is 0 Å². The molecule has 0 saturated carbocycles. The van der Waals surface area contributed by atoms with Crippen LogP contribution in [-0.4, -0.2) is 88.8 Å². The summed E-state index contributed by atoms with van der Waals surface area (Å²) in [6, 6.07) is 5.30. The lowest BCUT2D eigenvalue weighted by Gasteiger charge is -2.42. The lowest BCUT2D eigenvalue weighted by atomic mass is 9.83. The predicted molar refractivity (Wildman–Crippen MR) is 170 cm³/mol. The number of halogens is 1. The minimum atomic E-state index is -0.819. The van der Waals surface area contributed by atoms with Crippen LogP contribution in [0.15, 0.2) is 24.3 Å². The fraction of sp³-hybridized carbons (Fsp3) is 0.606. The van der Waals surface area contributed by atoms with Crippen molar-refractivity contribution in [2.24, 2.45) is 0 Å². The first-order valence-corrected chi connectivity index (χ1v) is 17.0. The maximum atomic E-state index is 13.5. The molecule has 1 spiro atoms. The second-order valence-corrected chi connectivity index (χ2v) is 14.2. The summed E-state index contributed by atoms with van der Waals surface area (Å²) >= 11 is 1.62. The smallest absolute Gasteiger partial charge is 0.253 e. The molecule has 6 rings (SSSR count). The molecule has 5 heterocycles. The van der Waals surface area contributed by atoms with Gasteiger partial charge in [0.2, 0.25) is 17.7 Å². The highest BCUT2D eigenvalue weighted by Crippen LogP contribution is 2.33. The van der Waals surface area contributed by atoms with Crippen LogP contribution in [0.3, 0.4) is 0 Å². The number of hydrogen-bond acceptors (Lipinski definition) is 7. The number of nitrogens with one attached hydrogen (secondary N) is 3. The first-order valence-electron chi connectivity index (χ1n) is 16.2. The van der Waals surface area contributed by atoms with E-state index in [1.165, 1.54) is 24.3 Å². The summed E-state index contributed by atoms with van der Waals surface area (Å²) in [5, 5.41) is 10.6. The number of carbonyl (C=O) groups is 4. The summed E-state index contributed by atoms with van der Waals surface area (Å²) in [6.45, 7) is 8.53. The SMILES string of the molecule is Cc1sc2nc1CC(=O)NC1(CCN(C(=O)c3ccc(F)cc3)CC1)CC(=O)NCCC[C@H](NC(C)C)C(=O)N1CCC2CC1. The fourth-order valence-electron chi connectivity index (χ4n) is 6.69. The molecule has 4 aliphatic rings. The van der Waals surface area contributed by atoms with Crippen molar-refractivity contribution in [3.63, 3.8) is 0 Å². The van der Waals surface area contributed by atoms with E-state index in [0.29, 0.717) is 64.0 Å². The number of nitrogens with zero attached hydrogens (tertiary/aromatic N) is 3. The van der Waals surface area contributed by atoms with Gasteiger partial charge in [0.05, 0.1) is 28.7 Å². The molecule has 45 heavy (non-hydrogen) atoms. The molecule has 4 amide bonds. The number of fused-ring (bicyclic) bond motifs is 11. The van der Waals surface area contributed by atoms with E-state index in [4.69, 9.17) is 4.98 Å². The second kappa shape index (κ2) is 14.4. The maximum absolute atomic E-state index is 13.5. The summed E-state index contributed by atoms with van der Waals surface area (Å²) in [4.78, 5) is 62.9. The number of hydrogen-bond donors (Lipinski definition) is 3. The van der Waals surface area contributed by atoms with Crippen molar-refractivity contribution in [3.8, 4) is 0 Å². The molecule has 1 atom stereocenters. The number of thiazole rings is 1. The van der Waals surface area contributed by atoms with Gasteiger partial charge in [-0.05, 0) is 69.7 Å². The third kappa shape index (κ3) is 8.26. The van der Waals surface area contributed by atoms with Crippen LogP contribution >= 0.6 is 11.3 Å². The Morgan fingerprint density at radius 2 is 1.73 bits per heavy atom.